The van der Waals surface area contributed by atoms with Crippen molar-refractivity contribution >= 4 is 34.0 Å². The first-order valence-corrected chi connectivity index (χ1v) is 8.97. The number of nitrogens with zero attached hydrogens (tertiary/aromatic N) is 2. The van der Waals surface area contributed by atoms with Crippen LogP contribution < -0.4 is 10.6 Å². The highest BCUT2D eigenvalue weighted by molar-refractivity contribution is 7.15. The minimum Gasteiger partial charge on any atom is -0.326 e. The highest BCUT2D eigenvalue weighted by Crippen LogP contribution is 2.19. The van der Waals surface area contributed by atoms with Crippen LogP contribution in [0.2, 0.25) is 0 Å². The smallest absolute Gasteiger partial charge is 0.257 e. The molecule has 0 bridgehead atoms. The minimum absolute atomic E-state index is 0.0586. The summed E-state index contributed by atoms with van der Waals surface area (Å²) < 4.78 is 0. The third-order valence-corrected chi connectivity index (χ3v) is 4.33. The number of anilines is 2. The summed E-state index contributed by atoms with van der Waals surface area (Å²) in [5, 5.41) is 15.1. The fourth-order valence-corrected chi connectivity index (χ4v) is 2.83. The Morgan fingerprint density at radius 3 is 2.46 bits per heavy atom. The topological polar surface area (TPSA) is 84.0 Å². The minimum atomic E-state index is -0.236. The molecular formula is C17H22N4O2S. The molecule has 0 radical (unpaired) electrons. The SMILES string of the molecule is CCCCCc1nnc(NC(=O)c2ccc(NC(=O)CC)cc2)s1. The fourth-order valence-electron chi connectivity index (χ4n) is 2.05. The quantitative estimate of drug-likeness (QED) is 0.711. The first-order valence-electron chi connectivity index (χ1n) is 8.16. The summed E-state index contributed by atoms with van der Waals surface area (Å²) in [6, 6.07) is 6.76. The second-order valence-electron chi connectivity index (χ2n) is 5.39. The van der Waals surface area contributed by atoms with E-state index in [0.717, 1.165) is 24.3 Å². The lowest BCUT2D eigenvalue weighted by Gasteiger charge is -2.05. The van der Waals surface area contributed by atoms with E-state index in [9.17, 15) is 9.59 Å². The van der Waals surface area contributed by atoms with Gasteiger partial charge in [0, 0.05) is 24.1 Å². The van der Waals surface area contributed by atoms with Crippen LogP contribution in [0.1, 0.15) is 54.9 Å². The van der Waals surface area contributed by atoms with E-state index in [1.54, 1.807) is 31.2 Å². The maximum absolute atomic E-state index is 12.2. The Morgan fingerprint density at radius 2 is 1.79 bits per heavy atom. The van der Waals surface area contributed by atoms with Gasteiger partial charge in [-0.2, -0.15) is 0 Å². The number of hydrogen-bond acceptors (Lipinski definition) is 5. The van der Waals surface area contributed by atoms with E-state index < -0.39 is 0 Å². The number of amides is 2. The van der Waals surface area contributed by atoms with Gasteiger partial charge in [-0.15, -0.1) is 10.2 Å². The van der Waals surface area contributed by atoms with Gasteiger partial charge in [0.25, 0.3) is 5.91 Å². The van der Waals surface area contributed by atoms with Crippen LogP contribution in [-0.2, 0) is 11.2 Å². The van der Waals surface area contributed by atoms with E-state index in [0.29, 0.717) is 22.8 Å². The van der Waals surface area contributed by atoms with Crippen LogP contribution in [0.25, 0.3) is 0 Å². The molecule has 0 saturated carbocycles. The van der Waals surface area contributed by atoms with Crippen molar-refractivity contribution in [2.45, 2.75) is 46.0 Å². The van der Waals surface area contributed by atoms with Gasteiger partial charge in [0.05, 0.1) is 0 Å². The first-order chi connectivity index (χ1) is 11.6. The number of nitrogens with one attached hydrogen (secondary N) is 2. The lowest BCUT2D eigenvalue weighted by atomic mass is 10.2. The summed E-state index contributed by atoms with van der Waals surface area (Å²) in [4.78, 5) is 23.5. The number of aromatic nitrogens is 2. The van der Waals surface area contributed by atoms with Crippen molar-refractivity contribution < 1.29 is 9.59 Å². The number of carbonyl (C=O) groups excluding carboxylic acids is 2. The van der Waals surface area contributed by atoms with Gasteiger partial charge in [0.2, 0.25) is 11.0 Å². The van der Waals surface area contributed by atoms with Crippen molar-refractivity contribution in [3.05, 3.63) is 34.8 Å². The van der Waals surface area contributed by atoms with E-state index >= 15 is 0 Å². The summed E-state index contributed by atoms with van der Waals surface area (Å²) in [7, 11) is 0. The van der Waals surface area contributed by atoms with Gasteiger partial charge >= 0.3 is 0 Å². The summed E-state index contributed by atoms with van der Waals surface area (Å²) in [5.41, 5.74) is 1.18. The second kappa shape index (κ2) is 9.12. The van der Waals surface area contributed by atoms with Crippen LogP contribution in [0.5, 0.6) is 0 Å². The molecule has 24 heavy (non-hydrogen) atoms. The summed E-state index contributed by atoms with van der Waals surface area (Å²) in [6.45, 7) is 3.94. The van der Waals surface area contributed by atoms with E-state index in [1.165, 1.54) is 17.8 Å². The molecule has 2 rings (SSSR count). The molecule has 1 aromatic heterocycles. The molecule has 0 aliphatic carbocycles. The Morgan fingerprint density at radius 1 is 1.04 bits per heavy atom. The largest absolute Gasteiger partial charge is 0.326 e. The Balaban J connectivity index is 1.91. The molecule has 0 unspecified atom stereocenters. The molecule has 2 aromatic rings. The maximum atomic E-state index is 12.2. The van der Waals surface area contributed by atoms with Gasteiger partial charge in [0.15, 0.2) is 0 Å². The number of rotatable bonds is 8. The van der Waals surface area contributed by atoms with Gasteiger partial charge in [-0.05, 0) is 30.7 Å². The van der Waals surface area contributed by atoms with Gasteiger partial charge in [-0.3, -0.25) is 14.9 Å². The van der Waals surface area contributed by atoms with Crippen LogP contribution in [-0.4, -0.2) is 22.0 Å². The van der Waals surface area contributed by atoms with E-state index in [4.69, 9.17) is 0 Å². The Bertz CT molecular complexity index is 682. The van der Waals surface area contributed by atoms with Crippen LogP contribution in [0.3, 0.4) is 0 Å². The zero-order valence-corrected chi connectivity index (χ0v) is 14.8. The monoisotopic (exact) mass is 346 g/mol. The maximum Gasteiger partial charge on any atom is 0.257 e. The molecule has 2 N–H and O–H groups in total. The molecule has 7 heteroatoms. The number of benzene rings is 1. The average Bonchev–Trinajstić information content (AvgIpc) is 3.03. The van der Waals surface area contributed by atoms with Gasteiger partial charge < -0.3 is 5.32 Å². The van der Waals surface area contributed by atoms with Crippen molar-refractivity contribution in [1.29, 1.82) is 0 Å². The van der Waals surface area contributed by atoms with E-state index in [2.05, 4.69) is 27.8 Å². The van der Waals surface area contributed by atoms with Gasteiger partial charge in [-0.25, -0.2) is 0 Å². The number of hydrogen-bond donors (Lipinski definition) is 2. The molecular weight excluding hydrogens is 324 g/mol. The normalized spacial score (nSPS) is 10.4. The predicted octanol–water partition coefficient (Wildman–Crippen LogP) is 3.87. The van der Waals surface area contributed by atoms with E-state index in [-0.39, 0.29) is 11.8 Å². The fraction of sp³-hybridized carbons (Fsp3) is 0.412. The standard InChI is InChI=1S/C17H22N4O2S/c1-3-5-6-7-15-20-21-17(24-15)19-16(23)12-8-10-13(11-9-12)18-14(22)4-2/h8-11H,3-7H2,1-2H3,(H,18,22)(H,19,21,23). The highest BCUT2D eigenvalue weighted by Gasteiger charge is 2.10. The summed E-state index contributed by atoms with van der Waals surface area (Å²) >= 11 is 1.41. The molecule has 0 aliphatic rings. The van der Waals surface area contributed by atoms with Crippen molar-refractivity contribution in [1.82, 2.24) is 10.2 Å². The van der Waals surface area contributed by atoms with Crippen LogP contribution in [0, 0.1) is 0 Å². The van der Waals surface area contributed by atoms with Crippen molar-refractivity contribution in [3.63, 3.8) is 0 Å². The third kappa shape index (κ3) is 5.42. The summed E-state index contributed by atoms with van der Waals surface area (Å²) in [6.07, 6.45) is 4.73. The molecule has 128 valence electrons. The van der Waals surface area contributed by atoms with Crippen LogP contribution in [0.15, 0.2) is 24.3 Å². The van der Waals surface area contributed by atoms with Crippen molar-refractivity contribution in [3.8, 4) is 0 Å². The Hall–Kier alpha value is -2.28. The molecule has 0 aliphatic heterocycles. The van der Waals surface area contributed by atoms with Gasteiger partial charge in [-0.1, -0.05) is 38.0 Å². The Labute approximate surface area is 145 Å². The molecule has 0 fully saturated rings. The molecule has 0 spiro atoms. The highest BCUT2D eigenvalue weighted by atomic mass is 32.1. The zero-order chi connectivity index (χ0) is 17.4. The van der Waals surface area contributed by atoms with Crippen LogP contribution >= 0.6 is 11.3 Å². The molecule has 0 atom stereocenters. The molecule has 0 saturated heterocycles. The first kappa shape index (κ1) is 18.1. The van der Waals surface area contributed by atoms with Crippen LogP contribution in [0.4, 0.5) is 10.8 Å². The second-order valence-corrected chi connectivity index (χ2v) is 6.45. The Kier molecular flexibility index (Phi) is 6.87. The number of carbonyl (C=O) groups is 2. The van der Waals surface area contributed by atoms with E-state index in [1.807, 2.05) is 0 Å². The molecule has 1 heterocycles. The predicted molar refractivity (Wildman–Crippen MR) is 96.5 cm³/mol. The number of unbranched alkanes of at least 4 members (excludes halogenated alkanes) is 2. The average molecular weight is 346 g/mol. The zero-order valence-electron chi connectivity index (χ0n) is 14.0. The van der Waals surface area contributed by atoms with Crippen molar-refractivity contribution in [2.24, 2.45) is 0 Å². The molecule has 6 nitrogen and oxygen atoms in total. The molecule has 1 aromatic carbocycles. The number of aryl methyl sites for hydroxylation is 1. The van der Waals surface area contributed by atoms with Gasteiger partial charge in [0.1, 0.15) is 5.01 Å². The molecule has 2 amide bonds. The lowest BCUT2D eigenvalue weighted by molar-refractivity contribution is -0.115. The van der Waals surface area contributed by atoms with Crippen molar-refractivity contribution in [2.75, 3.05) is 10.6 Å². The third-order valence-electron chi connectivity index (χ3n) is 3.43. The lowest BCUT2D eigenvalue weighted by Crippen LogP contribution is -2.12. The summed E-state index contributed by atoms with van der Waals surface area (Å²) in [5.74, 6) is -0.295.